The van der Waals surface area contributed by atoms with Gasteiger partial charge in [-0.15, -0.1) is 0 Å². The Hall–Kier alpha value is -2.30. The van der Waals surface area contributed by atoms with Crippen molar-refractivity contribution in [3.8, 4) is 0 Å². The number of rotatable bonds is 3. The fraction of sp³-hybridized carbons (Fsp3) is 0.154. The monoisotopic (exact) mass is 248 g/mol. The number of hydrogen-bond acceptors (Lipinski definition) is 3. The van der Waals surface area contributed by atoms with Gasteiger partial charge in [-0.2, -0.15) is 0 Å². The van der Waals surface area contributed by atoms with Crippen LogP contribution in [0, 0.1) is 5.82 Å². The van der Waals surface area contributed by atoms with Crippen LogP contribution in [-0.2, 0) is 0 Å². The van der Waals surface area contributed by atoms with Crippen LogP contribution in [-0.4, -0.2) is 5.91 Å². The number of carbonyl (C=O) groups excluding carboxylic acids is 1. The van der Waals surface area contributed by atoms with E-state index in [0.29, 0.717) is 11.3 Å². The molecular formula is C13H13FN2O2. The number of hydrogen-bond donors (Lipinski definition) is 2. The van der Waals surface area contributed by atoms with Gasteiger partial charge in [0.1, 0.15) is 11.6 Å². The molecule has 2 aromatic rings. The third-order valence-corrected chi connectivity index (χ3v) is 2.58. The van der Waals surface area contributed by atoms with Crippen molar-refractivity contribution in [3.63, 3.8) is 0 Å². The van der Waals surface area contributed by atoms with Gasteiger partial charge in [-0.05, 0) is 37.3 Å². The molecule has 1 amide bonds. The first-order chi connectivity index (χ1) is 8.58. The Bertz CT molecular complexity index is 552. The summed E-state index contributed by atoms with van der Waals surface area (Å²) in [6.45, 7) is 1.80. The number of anilines is 1. The summed E-state index contributed by atoms with van der Waals surface area (Å²) in [6, 6.07) is 7.11. The van der Waals surface area contributed by atoms with Crippen molar-refractivity contribution >= 4 is 11.6 Å². The van der Waals surface area contributed by atoms with Gasteiger partial charge in [0.25, 0.3) is 5.91 Å². The highest BCUT2D eigenvalue weighted by molar-refractivity contribution is 5.95. The SMILES string of the molecule is CC(NC(=O)c1ccc(F)c(N)c1)c1ccco1. The van der Waals surface area contributed by atoms with Crippen molar-refractivity contribution in [1.29, 1.82) is 0 Å². The second-order valence-corrected chi connectivity index (χ2v) is 3.95. The third kappa shape index (κ3) is 2.51. The van der Waals surface area contributed by atoms with E-state index in [1.807, 2.05) is 0 Å². The quantitative estimate of drug-likeness (QED) is 0.820. The van der Waals surface area contributed by atoms with E-state index in [1.54, 1.807) is 19.1 Å². The Kier molecular flexibility index (Phi) is 3.32. The predicted octanol–water partition coefficient (Wildman–Crippen LogP) is 2.49. The highest BCUT2D eigenvalue weighted by atomic mass is 19.1. The number of benzene rings is 1. The largest absolute Gasteiger partial charge is 0.467 e. The van der Waals surface area contributed by atoms with E-state index in [9.17, 15) is 9.18 Å². The Labute approximate surface area is 104 Å². The van der Waals surface area contributed by atoms with E-state index in [2.05, 4.69) is 5.32 Å². The molecule has 94 valence electrons. The van der Waals surface area contributed by atoms with Gasteiger partial charge in [0, 0.05) is 5.56 Å². The van der Waals surface area contributed by atoms with Crippen LogP contribution in [0.25, 0.3) is 0 Å². The van der Waals surface area contributed by atoms with Crippen molar-refractivity contribution in [3.05, 3.63) is 53.7 Å². The van der Waals surface area contributed by atoms with E-state index in [4.69, 9.17) is 10.2 Å². The highest BCUT2D eigenvalue weighted by Crippen LogP contribution is 2.15. The Balaban J connectivity index is 2.10. The van der Waals surface area contributed by atoms with Gasteiger partial charge in [0.05, 0.1) is 18.0 Å². The first kappa shape index (κ1) is 12.2. The smallest absolute Gasteiger partial charge is 0.251 e. The number of nitrogen functional groups attached to an aromatic ring is 1. The first-order valence-corrected chi connectivity index (χ1v) is 5.47. The standard InChI is InChI=1S/C13H13FN2O2/c1-8(12-3-2-6-18-12)16-13(17)9-4-5-10(14)11(15)7-9/h2-8H,15H2,1H3,(H,16,17). The lowest BCUT2D eigenvalue weighted by molar-refractivity contribution is 0.0935. The normalized spacial score (nSPS) is 12.1. The molecule has 5 heteroatoms. The lowest BCUT2D eigenvalue weighted by Crippen LogP contribution is -2.26. The summed E-state index contributed by atoms with van der Waals surface area (Å²) in [5.41, 5.74) is 5.67. The van der Waals surface area contributed by atoms with Crippen molar-refractivity contribution in [2.75, 3.05) is 5.73 Å². The molecular weight excluding hydrogens is 235 g/mol. The second-order valence-electron chi connectivity index (χ2n) is 3.95. The van der Waals surface area contributed by atoms with Crippen LogP contribution in [0.3, 0.4) is 0 Å². The van der Waals surface area contributed by atoms with Crippen LogP contribution in [0.2, 0.25) is 0 Å². The van der Waals surface area contributed by atoms with Crippen molar-refractivity contribution in [2.45, 2.75) is 13.0 Å². The number of furan rings is 1. The summed E-state index contributed by atoms with van der Waals surface area (Å²) in [7, 11) is 0. The molecule has 1 aromatic heterocycles. The fourth-order valence-electron chi connectivity index (χ4n) is 1.57. The van der Waals surface area contributed by atoms with Crippen LogP contribution < -0.4 is 11.1 Å². The van der Waals surface area contributed by atoms with Crippen molar-refractivity contribution in [2.24, 2.45) is 0 Å². The minimum absolute atomic E-state index is 0.0479. The van der Waals surface area contributed by atoms with E-state index >= 15 is 0 Å². The fourth-order valence-corrected chi connectivity index (χ4v) is 1.57. The maximum Gasteiger partial charge on any atom is 0.251 e. The van der Waals surface area contributed by atoms with Gasteiger partial charge in [-0.25, -0.2) is 4.39 Å². The molecule has 0 aliphatic rings. The Morgan fingerprint density at radius 1 is 1.44 bits per heavy atom. The number of halogens is 1. The molecule has 1 atom stereocenters. The summed E-state index contributed by atoms with van der Waals surface area (Å²) in [6.07, 6.45) is 1.54. The molecule has 0 aliphatic carbocycles. The molecule has 1 aromatic carbocycles. The van der Waals surface area contributed by atoms with Gasteiger partial charge in [0.15, 0.2) is 0 Å². The molecule has 1 unspecified atom stereocenters. The lowest BCUT2D eigenvalue weighted by atomic mass is 10.1. The molecule has 0 bridgehead atoms. The van der Waals surface area contributed by atoms with Gasteiger partial charge in [-0.3, -0.25) is 4.79 Å². The zero-order chi connectivity index (χ0) is 13.1. The summed E-state index contributed by atoms with van der Waals surface area (Å²) in [4.78, 5) is 11.9. The Morgan fingerprint density at radius 3 is 2.83 bits per heavy atom. The van der Waals surface area contributed by atoms with Gasteiger partial charge in [0.2, 0.25) is 0 Å². The molecule has 0 aliphatic heterocycles. The van der Waals surface area contributed by atoms with Gasteiger partial charge in [-0.1, -0.05) is 0 Å². The zero-order valence-electron chi connectivity index (χ0n) is 9.81. The van der Waals surface area contributed by atoms with Crippen LogP contribution in [0.4, 0.5) is 10.1 Å². The summed E-state index contributed by atoms with van der Waals surface area (Å²) >= 11 is 0. The average Bonchev–Trinajstić information content (AvgIpc) is 2.86. The first-order valence-electron chi connectivity index (χ1n) is 5.47. The maximum absolute atomic E-state index is 13.0. The summed E-state index contributed by atoms with van der Waals surface area (Å²) < 4.78 is 18.2. The third-order valence-electron chi connectivity index (χ3n) is 2.58. The minimum atomic E-state index is -0.536. The number of carbonyl (C=O) groups is 1. The lowest BCUT2D eigenvalue weighted by Gasteiger charge is -2.11. The molecule has 3 N–H and O–H groups in total. The summed E-state index contributed by atoms with van der Waals surface area (Å²) in [5, 5.41) is 2.73. The number of nitrogens with one attached hydrogen (secondary N) is 1. The molecule has 0 fully saturated rings. The summed E-state index contributed by atoms with van der Waals surface area (Å²) in [5.74, 6) is -0.213. The van der Waals surface area contributed by atoms with E-state index in [-0.39, 0.29) is 17.6 Å². The molecule has 0 saturated heterocycles. The molecule has 0 spiro atoms. The van der Waals surface area contributed by atoms with E-state index < -0.39 is 5.82 Å². The van der Waals surface area contributed by atoms with Crippen LogP contribution in [0.15, 0.2) is 41.0 Å². The zero-order valence-corrected chi connectivity index (χ0v) is 9.81. The number of amides is 1. The Morgan fingerprint density at radius 2 is 2.22 bits per heavy atom. The molecule has 2 rings (SSSR count). The maximum atomic E-state index is 13.0. The van der Waals surface area contributed by atoms with Crippen molar-refractivity contribution in [1.82, 2.24) is 5.32 Å². The van der Waals surface area contributed by atoms with Crippen LogP contribution in [0.1, 0.15) is 29.1 Å². The van der Waals surface area contributed by atoms with Gasteiger partial charge >= 0.3 is 0 Å². The minimum Gasteiger partial charge on any atom is -0.467 e. The van der Waals surface area contributed by atoms with Crippen LogP contribution >= 0.6 is 0 Å². The topological polar surface area (TPSA) is 68.3 Å². The van der Waals surface area contributed by atoms with Crippen molar-refractivity contribution < 1.29 is 13.6 Å². The van der Waals surface area contributed by atoms with E-state index in [1.165, 1.54) is 24.5 Å². The second kappa shape index (κ2) is 4.91. The highest BCUT2D eigenvalue weighted by Gasteiger charge is 2.14. The molecule has 18 heavy (non-hydrogen) atoms. The average molecular weight is 248 g/mol. The van der Waals surface area contributed by atoms with Gasteiger partial charge < -0.3 is 15.5 Å². The molecule has 0 saturated carbocycles. The predicted molar refractivity (Wildman–Crippen MR) is 65.4 cm³/mol. The molecule has 1 heterocycles. The molecule has 4 nitrogen and oxygen atoms in total. The van der Waals surface area contributed by atoms with Crippen LogP contribution in [0.5, 0.6) is 0 Å². The molecule has 0 radical (unpaired) electrons. The van der Waals surface area contributed by atoms with E-state index in [0.717, 1.165) is 0 Å². The number of nitrogens with two attached hydrogens (primary N) is 1.